The van der Waals surface area contributed by atoms with E-state index in [-0.39, 0.29) is 23.5 Å². The number of unbranched alkanes of at least 4 members (excludes halogenated alkanes) is 1. The van der Waals surface area contributed by atoms with E-state index in [0.29, 0.717) is 5.16 Å². The van der Waals surface area contributed by atoms with Crippen molar-refractivity contribution < 1.29 is 18.4 Å². The summed E-state index contributed by atoms with van der Waals surface area (Å²) in [5, 5.41) is 5.09. The Labute approximate surface area is 163 Å². The molecule has 1 aromatic heterocycles. The summed E-state index contributed by atoms with van der Waals surface area (Å²) in [4.78, 5) is 44.0. The Morgan fingerprint density at radius 3 is 2.89 bits per heavy atom. The number of halogens is 2. The number of nitrogens with zero attached hydrogens (tertiary/aromatic N) is 1. The van der Waals surface area contributed by atoms with Crippen LogP contribution in [0.25, 0.3) is 0 Å². The Balaban J connectivity index is 1.89. The molecule has 0 bridgehead atoms. The molecule has 2 amide bonds. The summed E-state index contributed by atoms with van der Waals surface area (Å²) < 4.78 is 27.1. The van der Waals surface area contributed by atoms with Gasteiger partial charge in [0.05, 0.1) is 17.2 Å². The number of hydrogen-bond donors (Lipinski definition) is 3. The SMILES string of the molecule is CCCCSc1nc2c(c(=O)[nH]1)[C@H](C(=O)Nc1cc(F)ccc1F)CC(=O)N2. The van der Waals surface area contributed by atoms with Gasteiger partial charge in [0.1, 0.15) is 17.5 Å². The molecule has 0 saturated heterocycles. The van der Waals surface area contributed by atoms with Crippen LogP contribution < -0.4 is 16.2 Å². The smallest absolute Gasteiger partial charge is 0.257 e. The molecule has 2 aromatic rings. The van der Waals surface area contributed by atoms with Crippen LogP contribution in [-0.4, -0.2) is 27.5 Å². The minimum Gasteiger partial charge on any atom is -0.323 e. The fraction of sp³-hybridized carbons (Fsp3) is 0.333. The molecule has 0 unspecified atom stereocenters. The zero-order chi connectivity index (χ0) is 20.3. The first-order valence-electron chi connectivity index (χ1n) is 8.71. The highest BCUT2D eigenvalue weighted by Gasteiger charge is 2.35. The van der Waals surface area contributed by atoms with Gasteiger partial charge >= 0.3 is 0 Å². The van der Waals surface area contributed by atoms with Crippen LogP contribution in [0.2, 0.25) is 0 Å². The standard InChI is InChI=1S/C18H18F2N4O3S/c1-2-3-6-28-18-23-15-14(17(27)24-18)10(8-13(25)22-15)16(26)21-12-7-9(19)4-5-11(12)20/h4-5,7,10H,2-3,6,8H2,1H3,(H,21,26)(H2,22,23,24,25,27)/t10-/m1/s1. The van der Waals surface area contributed by atoms with Crippen LogP contribution in [0.5, 0.6) is 0 Å². The Morgan fingerprint density at radius 1 is 1.36 bits per heavy atom. The minimum absolute atomic E-state index is 0.00578. The fourth-order valence-electron chi connectivity index (χ4n) is 2.77. The third-order valence-corrected chi connectivity index (χ3v) is 5.13. The lowest BCUT2D eigenvalue weighted by Crippen LogP contribution is -2.36. The number of nitrogens with one attached hydrogen (secondary N) is 3. The molecule has 10 heteroatoms. The fourth-order valence-corrected chi connectivity index (χ4v) is 3.72. The van der Waals surface area contributed by atoms with Crippen molar-refractivity contribution in [3.05, 3.63) is 45.8 Å². The first kappa shape index (κ1) is 20.0. The number of aromatic amines is 1. The van der Waals surface area contributed by atoms with Crippen molar-refractivity contribution in [2.45, 2.75) is 37.3 Å². The lowest BCUT2D eigenvalue weighted by atomic mass is 9.92. The first-order valence-corrected chi connectivity index (χ1v) is 9.70. The third-order valence-electron chi connectivity index (χ3n) is 4.17. The first-order chi connectivity index (χ1) is 13.4. The van der Waals surface area contributed by atoms with Gasteiger partial charge in [-0.15, -0.1) is 0 Å². The van der Waals surface area contributed by atoms with Crippen LogP contribution in [0.1, 0.15) is 37.7 Å². The summed E-state index contributed by atoms with van der Waals surface area (Å²) in [7, 11) is 0. The van der Waals surface area contributed by atoms with Gasteiger partial charge in [-0.2, -0.15) is 0 Å². The van der Waals surface area contributed by atoms with Gasteiger partial charge in [0.2, 0.25) is 11.8 Å². The number of H-pyrrole nitrogens is 1. The number of thioether (sulfide) groups is 1. The van der Waals surface area contributed by atoms with Crippen LogP contribution >= 0.6 is 11.8 Å². The minimum atomic E-state index is -1.17. The number of carbonyl (C=O) groups excluding carboxylic acids is 2. The van der Waals surface area contributed by atoms with E-state index in [9.17, 15) is 23.2 Å². The molecular formula is C18H18F2N4O3S. The number of fused-ring (bicyclic) bond motifs is 1. The molecule has 3 rings (SSSR count). The van der Waals surface area contributed by atoms with Gasteiger partial charge in [-0.25, -0.2) is 13.8 Å². The third kappa shape index (κ3) is 4.38. The molecule has 1 aromatic carbocycles. The average Bonchev–Trinajstić information content (AvgIpc) is 2.64. The van der Waals surface area contributed by atoms with Crippen LogP contribution in [-0.2, 0) is 9.59 Å². The molecular weight excluding hydrogens is 390 g/mol. The van der Waals surface area contributed by atoms with E-state index in [1.165, 1.54) is 11.8 Å². The number of amides is 2. The van der Waals surface area contributed by atoms with Crippen molar-refractivity contribution in [1.82, 2.24) is 9.97 Å². The quantitative estimate of drug-likeness (QED) is 0.387. The van der Waals surface area contributed by atoms with Gasteiger partial charge in [-0.05, 0) is 18.6 Å². The number of hydrogen-bond acceptors (Lipinski definition) is 5. The molecule has 0 radical (unpaired) electrons. The van der Waals surface area contributed by atoms with E-state index >= 15 is 0 Å². The molecule has 1 atom stereocenters. The van der Waals surface area contributed by atoms with Crippen molar-refractivity contribution in [3.8, 4) is 0 Å². The largest absolute Gasteiger partial charge is 0.323 e. The lowest BCUT2D eigenvalue weighted by Gasteiger charge is -2.23. The maximum absolute atomic E-state index is 13.8. The van der Waals surface area contributed by atoms with Gasteiger partial charge in [-0.1, -0.05) is 25.1 Å². The van der Waals surface area contributed by atoms with Crippen LogP contribution in [0.4, 0.5) is 20.3 Å². The summed E-state index contributed by atoms with van der Waals surface area (Å²) in [5.41, 5.74) is -0.925. The topological polar surface area (TPSA) is 104 Å². The predicted molar refractivity (Wildman–Crippen MR) is 101 cm³/mol. The van der Waals surface area contributed by atoms with Gasteiger partial charge in [0, 0.05) is 18.2 Å². The number of rotatable bonds is 6. The summed E-state index contributed by atoms with van der Waals surface area (Å²) in [5.74, 6) is -3.25. The van der Waals surface area contributed by atoms with Crippen LogP contribution in [0, 0.1) is 11.6 Å². The van der Waals surface area contributed by atoms with E-state index in [2.05, 4.69) is 20.6 Å². The van der Waals surface area contributed by atoms with E-state index in [1.54, 1.807) is 0 Å². The summed E-state index contributed by atoms with van der Waals surface area (Å²) >= 11 is 1.34. The van der Waals surface area contributed by atoms with Gasteiger partial charge in [0.15, 0.2) is 5.16 Å². The molecule has 0 spiro atoms. The summed E-state index contributed by atoms with van der Waals surface area (Å²) in [6, 6.07) is 2.62. The van der Waals surface area contributed by atoms with Crippen molar-refractivity contribution in [1.29, 1.82) is 0 Å². The second-order valence-corrected chi connectivity index (χ2v) is 7.34. The van der Waals surface area contributed by atoms with E-state index < -0.39 is 34.9 Å². The van der Waals surface area contributed by atoms with E-state index in [0.717, 1.165) is 36.8 Å². The molecule has 0 fully saturated rings. The van der Waals surface area contributed by atoms with Crippen molar-refractivity contribution >= 4 is 35.1 Å². The van der Waals surface area contributed by atoms with Crippen LogP contribution in [0.3, 0.4) is 0 Å². The van der Waals surface area contributed by atoms with Crippen molar-refractivity contribution in [3.63, 3.8) is 0 Å². The molecule has 1 aliphatic heterocycles. The molecule has 3 N–H and O–H groups in total. The van der Waals surface area contributed by atoms with Gasteiger partial charge in [0.25, 0.3) is 5.56 Å². The molecule has 7 nitrogen and oxygen atoms in total. The molecule has 1 aliphatic rings. The highest BCUT2D eigenvalue weighted by molar-refractivity contribution is 7.99. The summed E-state index contributed by atoms with van der Waals surface area (Å²) in [6.45, 7) is 2.04. The lowest BCUT2D eigenvalue weighted by molar-refractivity contribution is -0.123. The van der Waals surface area contributed by atoms with Crippen molar-refractivity contribution in [2.75, 3.05) is 16.4 Å². The maximum Gasteiger partial charge on any atom is 0.257 e. The highest BCUT2D eigenvalue weighted by Crippen LogP contribution is 2.31. The monoisotopic (exact) mass is 408 g/mol. The Bertz CT molecular complexity index is 980. The second kappa shape index (κ2) is 8.51. The predicted octanol–water partition coefficient (Wildman–Crippen LogP) is 3.00. The number of carbonyl (C=O) groups is 2. The molecule has 0 saturated carbocycles. The van der Waals surface area contributed by atoms with Gasteiger partial charge < -0.3 is 15.6 Å². The zero-order valence-electron chi connectivity index (χ0n) is 15.0. The van der Waals surface area contributed by atoms with E-state index in [1.807, 2.05) is 6.92 Å². The second-order valence-electron chi connectivity index (χ2n) is 6.25. The van der Waals surface area contributed by atoms with Gasteiger partial charge in [-0.3, -0.25) is 14.4 Å². The Hall–Kier alpha value is -2.75. The molecule has 2 heterocycles. The van der Waals surface area contributed by atoms with E-state index in [4.69, 9.17) is 0 Å². The Kier molecular flexibility index (Phi) is 6.08. The molecule has 148 valence electrons. The average molecular weight is 408 g/mol. The normalized spacial score (nSPS) is 15.7. The Morgan fingerprint density at radius 2 is 2.14 bits per heavy atom. The highest BCUT2D eigenvalue weighted by atomic mass is 32.2. The zero-order valence-corrected chi connectivity index (χ0v) is 15.8. The number of benzene rings is 1. The maximum atomic E-state index is 13.8. The van der Waals surface area contributed by atoms with Crippen molar-refractivity contribution in [2.24, 2.45) is 0 Å². The van der Waals surface area contributed by atoms with Crippen LogP contribution in [0.15, 0.2) is 28.2 Å². The summed E-state index contributed by atoms with van der Waals surface area (Å²) in [6.07, 6.45) is 1.61. The molecule has 28 heavy (non-hydrogen) atoms. The number of anilines is 2. The number of aromatic nitrogens is 2. The molecule has 0 aliphatic carbocycles.